The fourth-order valence-corrected chi connectivity index (χ4v) is 3.48. The minimum Gasteiger partial charge on any atom is -0.508 e. The van der Waals surface area contributed by atoms with Gasteiger partial charge in [-0.15, -0.1) is 0 Å². The Hall–Kier alpha value is -3.26. The van der Waals surface area contributed by atoms with Crippen molar-refractivity contribution in [2.75, 3.05) is 44.9 Å². The molecule has 4 rings (SSSR count). The van der Waals surface area contributed by atoms with E-state index < -0.39 is 11.8 Å². The lowest BCUT2D eigenvalue weighted by Gasteiger charge is -2.35. The highest BCUT2D eigenvalue weighted by molar-refractivity contribution is 6.40. The number of fused-ring (bicyclic) bond motifs is 1. The maximum Gasteiger partial charge on any atom is 0.316 e. The van der Waals surface area contributed by atoms with E-state index >= 15 is 0 Å². The number of carbonyl (C=O) groups excluding carboxylic acids is 2. The van der Waals surface area contributed by atoms with Gasteiger partial charge in [0.25, 0.3) is 0 Å². The molecule has 2 heterocycles. The molecule has 1 fully saturated rings. The fraction of sp³-hybridized carbons (Fsp3) is 0.333. The number of carbonyl (C=O) groups is 2. The Labute approximate surface area is 168 Å². The van der Waals surface area contributed by atoms with E-state index in [9.17, 15) is 14.7 Å². The molecule has 0 aliphatic carbocycles. The van der Waals surface area contributed by atoms with Gasteiger partial charge in [-0.05, 0) is 42.0 Å². The van der Waals surface area contributed by atoms with Crippen molar-refractivity contribution in [3.63, 3.8) is 0 Å². The Morgan fingerprint density at radius 2 is 1.69 bits per heavy atom. The van der Waals surface area contributed by atoms with Crippen molar-refractivity contribution >= 4 is 17.5 Å². The van der Waals surface area contributed by atoms with Gasteiger partial charge in [0.15, 0.2) is 11.5 Å². The Bertz CT molecular complexity index is 907. The van der Waals surface area contributed by atoms with E-state index in [1.807, 2.05) is 18.2 Å². The Morgan fingerprint density at radius 3 is 2.41 bits per heavy atom. The number of hydrogen-bond acceptors (Lipinski definition) is 6. The molecule has 0 atom stereocenters. The number of likely N-dealkylation sites (N-methyl/N-ethyl adjacent to an activating group) is 1. The van der Waals surface area contributed by atoms with Gasteiger partial charge in [0.05, 0.1) is 0 Å². The molecule has 1 saturated heterocycles. The lowest BCUT2D eigenvalue weighted by molar-refractivity contribution is -0.145. The first-order valence-electron chi connectivity index (χ1n) is 9.48. The summed E-state index contributed by atoms with van der Waals surface area (Å²) in [7, 11) is 1.56. The predicted molar refractivity (Wildman–Crippen MR) is 106 cm³/mol. The zero-order chi connectivity index (χ0) is 20.4. The van der Waals surface area contributed by atoms with Crippen molar-refractivity contribution in [1.29, 1.82) is 0 Å². The predicted octanol–water partition coefficient (Wildman–Crippen LogP) is 1.43. The lowest BCUT2D eigenvalue weighted by atomic mass is 10.1. The Morgan fingerprint density at radius 1 is 1.00 bits per heavy atom. The van der Waals surface area contributed by atoms with Gasteiger partial charge in [-0.25, -0.2) is 0 Å². The third kappa shape index (κ3) is 4.12. The van der Waals surface area contributed by atoms with Crippen LogP contribution in [0.5, 0.6) is 17.2 Å². The monoisotopic (exact) mass is 397 g/mol. The van der Waals surface area contributed by atoms with Crippen molar-refractivity contribution in [3.8, 4) is 17.2 Å². The molecule has 0 bridgehead atoms. The third-order valence-corrected chi connectivity index (χ3v) is 5.23. The first kappa shape index (κ1) is 19.1. The number of phenols is 1. The molecule has 0 unspecified atom stereocenters. The second kappa shape index (κ2) is 8.00. The summed E-state index contributed by atoms with van der Waals surface area (Å²) in [5.41, 5.74) is 1.68. The molecule has 29 heavy (non-hydrogen) atoms. The molecule has 0 aromatic heterocycles. The molecule has 0 radical (unpaired) electrons. The van der Waals surface area contributed by atoms with Crippen LogP contribution in [0.1, 0.15) is 5.56 Å². The fourth-order valence-electron chi connectivity index (χ4n) is 3.48. The van der Waals surface area contributed by atoms with Crippen LogP contribution >= 0.6 is 0 Å². The van der Waals surface area contributed by atoms with Gasteiger partial charge in [0.1, 0.15) is 5.75 Å². The summed E-state index contributed by atoms with van der Waals surface area (Å²) in [6.45, 7) is 3.38. The van der Waals surface area contributed by atoms with E-state index in [0.717, 1.165) is 23.6 Å². The number of nitrogens with zero attached hydrogens (tertiary/aromatic N) is 3. The number of rotatable bonds is 3. The van der Waals surface area contributed by atoms with Crippen LogP contribution in [0.3, 0.4) is 0 Å². The summed E-state index contributed by atoms with van der Waals surface area (Å²) in [5.74, 6) is 0.544. The molecule has 2 aliphatic heterocycles. The molecule has 2 aromatic rings. The minimum atomic E-state index is -0.583. The number of anilines is 1. The smallest absolute Gasteiger partial charge is 0.316 e. The van der Waals surface area contributed by atoms with Crippen LogP contribution in [0.25, 0.3) is 0 Å². The van der Waals surface area contributed by atoms with E-state index in [1.54, 1.807) is 24.1 Å². The summed E-state index contributed by atoms with van der Waals surface area (Å²) < 4.78 is 10.8. The summed E-state index contributed by atoms with van der Waals surface area (Å²) in [6, 6.07) is 12.1. The molecule has 2 amide bonds. The number of ether oxygens (including phenoxy) is 2. The highest BCUT2D eigenvalue weighted by atomic mass is 16.7. The van der Waals surface area contributed by atoms with E-state index in [4.69, 9.17) is 9.47 Å². The zero-order valence-corrected chi connectivity index (χ0v) is 16.2. The summed E-state index contributed by atoms with van der Waals surface area (Å²) in [5, 5.41) is 9.37. The van der Waals surface area contributed by atoms with Crippen LogP contribution in [-0.2, 0) is 16.1 Å². The number of aromatic hydroxyl groups is 1. The number of benzene rings is 2. The largest absolute Gasteiger partial charge is 0.508 e. The molecule has 0 saturated carbocycles. The van der Waals surface area contributed by atoms with Crippen molar-refractivity contribution < 1.29 is 24.2 Å². The summed E-state index contributed by atoms with van der Waals surface area (Å²) in [4.78, 5) is 30.3. The summed E-state index contributed by atoms with van der Waals surface area (Å²) in [6.07, 6.45) is 0. The topological polar surface area (TPSA) is 82.6 Å². The average Bonchev–Trinajstić information content (AvgIpc) is 3.21. The number of phenolic OH excluding ortho intramolecular Hbond substituents is 1. The van der Waals surface area contributed by atoms with Crippen molar-refractivity contribution in [2.24, 2.45) is 0 Å². The zero-order valence-electron chi connectivity index (χ0n) is 16.2. The quantitative estimate of drug-likeness (QED) is 0.789. The molecule has 0 spiro atoms. The maximum absolute atomic E-state index is 12.6. The minimum absolute atomic E-state index is 0.111. The highest BCUT2D eigenvalue weighted by Gasteiger charge is 2.29. The second-order valence-corrected chi connectivity index (χ2v) is 7.14. The normalized spacial score (nSPS) is 16.0. The molecular formula is C21H23N3O5. The molecule has 2 aliphatic rings. The third-order valence-electron chi connectivity index (χ3n) is 5.23. The molecule has 8 nitrogen and oxygen atoms in total. The van der Waals surface area contributed by atoms with E-state index in [2.05, 4.69) is 4.90 Å². The number of amides is 2. The van der Waals surface area contributed by atoms with E-state index in [-0.39, 0.29) is 12.5 Å². The van der Waals surface area contributed by atoms with Crippen molar-refractivity contribution in [3.05, 3.63) is 48.0 Å². The molecule has 152 valence electrons. The first-order valence-corrected chi connectivity index (χ1v) is 9.48. The molecule has 2 aromatic carbocycles. The molecule has 8 heteroatoms. The van der Waals surface area contributed by atoms with Crippen molar-refractivity contribution in [1.82, 2.24) is 9.80 Å². The lowest BCUT2D eigenvalue weighted by Crippen LogP contribution is -2.52. The van der Waals surface area contributed by atoms with Crippen LogP contribution in [0.4, 0.5) is 5.69 Å². The Balaban J connectivity index is 1.31. The van der Waals surface area contributed by atoms with Gasteiger partial charge in [-0.1, -0.05) is 6.07 Å². The molecular weight excluding hydrogens is 374 g/mol. The van der Waals surface area contributed by atoms with Gasteiger partial charge < -0.3 is 24.4 Å². The van der Waals surface area contributed by atoms with Crippen LogP contribution in [-0.4, -0.2) is 66.7 Å². The van der Waals surface area contributed by atoms with Gasteiger partial charge in [-0.2, -0.15) is 0 Å². The van der Waals surface area contributed by atoms with Gasteiger partial charge >= 0.3 is 11.8 Å². The van der Waals surface area contributed by atoms with E-state index in [0.29, 0.717) is 31.9 Å². The van der Waals surface area contributed by atoms with Crippen LogP contribution in [0, 0.1) is 0 Å². The number of piperazine rings is 1. The average molecular weight is 397 g/mol. The van der Waals surface area contributed by atoms with E-state index in [1.165, 1.54) is 17.0 Å². The molecule has 1 N–H and O–H groups in total. The Kier molecular flexibility index (Phi) is 5.26. The van der Waals surface area contributed by atoms with Crippen LogP contribution in [0.15, 0.2) is 42.5 Å². The SMILES string of the molecule is CN(C(=O)C(=O)N1CCN(Cc2ccc3c(c2)OCO3)CC1)c1ccc(O)cc1. The van der Waals surface area contributed by atoms with Crippen molar-refractivity contribution in [2.45, 2.75) is 6.54 Å². The highest BCUT2D eigenvalue weighted by Crippen LogP contribution is 2.32. The van der Waals surface area contributed by atoms with Crippen LogP contribution < -0.4 is 14.4 Å². The van der Waals surface area contributed by atoms with Crippen LogP contribution in [0.2, 0.25) is 0 Å². The number of hydrogen-bond donors (Lipinski definition) is 1. The second-order valence-electron chi connectivity index (χ2n) is 7.14. The first-order chi connectivity index (χ1) is 14.0. The standard InChI is InChI=1S/C21H23N3O5/c1-22(16-3-5-17(25)6-4-16)20(26)21(27)24-10-8-23(9-11-24)13-15-2-7-18-19(12-15)29-14-28-18/h2-7,12,25H,8-11,13-14H2,1H3. The summed E-state index contributed by atoms with van der Waals surface area (Å²) >= 11 is 0. The van der Waals surface area contributed by atoms with Gasteiger partial charge in [-0.3, -0.25) is 14.5 Å². The van der Waals surface area contributed by atoms with Gasteiger partial charge in [0.2, 0.25) is 6.79 Å². The maximum atomic E-state index is 12.6. The van der Waals surface area contributed by atoms with Gasteiger partial charge in [0, 0.05) is 45.5 Å².